The molecular formula is C25H28FN5O3. The quantitative estimate of drug-likeness (QED) is 0.602. The molecule has 0 saturated carbocycles. The number of pyridine rings is 2. The van der Waals surface area contributed by atoms with Gasteiger partial charge in [-0.3, -0.25) is 14.5 Å². The highest BCUT2D eigenvalue weighted by atomic mass is 19.1. The second kappa shape index (κ2) is 9.52. The first kappa shape index (κ1) is 22.5. The van der Waals surface area contributed by atoms with Crippen LogP contribution in [0.4, 0.5) is 15.9 Å². The molecule has 4 heterocycles. The van der Waals surface area contributed by atoms with E-state index in [0.29, 0.717) is 55.3 Å². The topological polar surface area (TPSA) is 90.6 Å². The van der Waals surface area contributed by atoms with Crippen LogP contribution in [0.5, 0.6) is 0 Å². The minimum absolute atomic E-state index is 0.161. The van der Waals surface area contributed by atoms with E-state index < -0.39 is 6.17 Å². The number of anilines is 2. The van der Waals surface area contributed by atoms with Crippen molar-refractivity contribution in [2.45, 2.75) is 26.1 Å². The molecule has 9 heteroatoms. The van der Waals surface area contributed by atoms with Crippen molar-refractivity contribution in [3.8, 4) is 0 Å². The van der Waals surface area contributed by atoms with Crippen molar-refractivity contribution in [3.63, 3.8) is 0 Å². The summed E-state index contributed by atoms with van der Waals surface area (Å²) >= 11 is 0. The van der Waals surface area contributed by atoms with Crippen LogP contribution in [-0.2, 0) is 11.3 Å². The van der Waals surface area contributed by atoms with Crippen LogP contribution in [0.15, 0.2) is 41.3 Å². The number of alkyl halides is 1. The van der Waals surface area contributed by atoms with E-state index >= 15 is 0 Å². The lowest BCUT2D eigenvalue weighted by Crippen LogP contribution is -2.35. The maximum absolute atomic E-state index is 13.9. The Bertz CT molecular complexity index is 1270. The zero-order chi connectivity index (χ0) is 23.7. The normalized spacial score (nSPS) is 19.0. The minimum atomic E-state index is -0.920. The Hall–Kier alpha value is -3.30. The van der Waals surface area contributed by atoms with Gasteiger partial charge in [-0.2, -0.15) is 0 Å². The first-order chi connectivity index (χ1) is 16.5. The average Bonchev–Trinajstić information content (AvgIpc) is 3.26. The third-order valence-electron chi connectivity index (χ3n) is 6.42. The molecule has 0 spiro atoms. The summed E-state index contributed by atoms with van der Waals surface area (Å²) in [5.74, 6) is 0.208. The van der Waals surface area contributed by atoms with Crippen LogP contribution < -0.4 is 15.8 Å². The Labute approximate surface area is 196 Å². The molecule has 0 aliphatic carbocycles. The van der Waals surface area contributed by atoms with E-state index in [2.05, 4.69) is 20.2 Å². The zero-order valence-corrected chi connectivity index (χ0v) is 19.1. The molecule has 3 aromatic rings. The third-order valence-corrected chi connectivity index (χ3v) is 6.42. The number of nitrogens with one attached hydrogen (secondary N) is 2. The van der Waals surface area contributed by atoms with E-state index in [9.17, 15) is 14.0 Å². The number of H-pyrrole nitrogens is 1. The van der Waals surface area contributed by atoms with E-state index in [0.717, 1.165) is 29.6 Å². The number of aromatic nitrogens is 2. The van der Waals surface area contributed by atoms with Crippen LogP contribution in [0.3, 0.4) is 0 Å². The van der Waals surface area contributed by atoms with E-state index in [1.165, 1.54) is 6.07 Å². The highest BCUT2D eigenvalue weighted by Crippen LogP contribution is 2.27. The van der Waals surface area contributed by atoms with E-state index in [1.807, 2.05) is 24.0 Å². The highest BCUT2D eigenvalue weighted by Gasteiger charge is 2.27. The fourth-order valence-corrected chi connectivity index (χ4v) is 4.63. The monoisotopic (exact) mass is 465 g/mol. The van der Waals surface area contributed by atoms with Gasteiger partial charge >= 0.3 is 0 Å². The standard InChI is InChI=1S/C25H28FN5O3/c1-16-10-23(32)29-22-3-2-19(12-20(16)22)28-25(33)21-11-17(14-30-6-8-34-9-7-30)13-27-24(21)31-5-4-18(26)15-31/h2-3,10-13,18H,4-9,14-15H2,1H3,(H,28,33)(H,29,32). The summed E-state index contributed by atoms with van der Waals surface area (Å²) in [5, 5.41) is 3.83. The molecule has 1 amide bonds. The zero-order valence-electron chi connectivity index (χ0n) is 19.1. The Balaban J connectivity index is 1.44. The highest BCUT2D eigenvalue weighted by molar-refractivity contribution is 6.08. The number of morpholine rings is 1. The molecule has 34 heavy (non-hydrogen) atoms. The van der Waals surface area contributed by atoms with Crippen LogP contribution in [0, 0.1) is 6.92 Å². The van der Waals surface area contributed by atoms with Crippen molar-refractivity contribution in [2.24, 2.45) is 0 Å². The summed E-state index contributed by atoms with van der Waals surface area (Å²) in [6.07, 6.45) is 1.29. The second-order valence-corrected chi connectivity index (χ2v) is 8.97. The van der Waals surface area contributed by atoms with Gasteiger partial charge in [-0.25, -0.2) is 9.37 Å². The number of aryl methyl sites for hydroxylation is 1. The molecule has 2 N–H and O–H groups in total. The van der Waals surface area contributed by atoms with Gasteiger partial charge in [0.2, 0.25) is 5.56 Å². The van der Waals surface area contributed by atoms with Crippen LogP contribution in [-0.4, -0.2) is 66.3 Å². The number of benzene rings is 1. The fraction of sp³-hybridized carbons (Fsp3) is 0.400. The first-order valence-corrected chi connectivity index (χ1v) is 11.6. The Kier molecular flexibility index (Phi) is 6.30. The molecule has 178 valence electrons. The van der Waals surface area contributed by atoms with Crippen molar-refractivity contribution < 1.29 is 13.9 Å². The number of hydrogen-bond acceptors (Lipinski definition) is 6. The number of halogens is 1. The molecule has 1 unspecified atom stereocenters. The Morgan fingerprint density at radius 1 is 1.24 bits per heavy atom. The summed E-state index contributed by atoms with van der Waals surface area (Å²) in [6, 6.07) is 8.78. The lowest BCUT2D eigenvalue weighted by atomic mass is 10.1. The van der Waals surface area contributed by atoms with Gasteiger partial charge in [-0.05, 0) is 48.7 Å². The summed E-state index contributed by atoms with van der Waals surface area (Å²) < 4.78 is 19.4. The van der Waals surface area contributed by atoms with Gasteiger partial charge in [0.05, 0.1) is 25.3 Å². The Morgan fingerprint density at radius 3 is 2.82 bits per heavy atom. The van der Waals surface area contributed by atoms with Gasteiger partial charge in [0.25, 0.3) is 5.91 Å². The smallest absolute Gasteiger partial charge is 0.259 e. The fourth-order valence-electron chi connectivity index (χ4n) is 4.63. The number of ether oxygens (including phenoxy) is 1. The lowest BCUT2D eigenvalue weighted by Gasteiger charge is -2.27. The van der Waals surface area contributed by atoms with Crippen LogP contribution >= 0.6 is 0 Å². The van der Waals surface area contributed by atoms with Crippen LogP contribution in [0.2, 0.25) is 0 Å². The minimum Gasteiger partial charge on any atom is -0.379 e. The molecule has 2 saturated heterocycles. The number of fused-ring (bicyclic) bond motifs is 1. The first-order valence-electron chi connectivity index (χ1n) is 11.6. The number of carbonyl (C=O) groups is 1. The summed E-state index contributed by atoms with van der Waals surface area (Å²) in [4.78, 5) is 36.7. The molecule has 8 nitrogen and oxygen atoms in total. The molecule has 5 rings (SSSR count). The van der Waals surface area contributed by atoms with Gasteiger partial charge < -0.3 is 19.9 Å². The van der Waals surface area contributed by atoms with E-state index in [-0.39, 0.29) is 18.0 Å². The average molecular weight is 466 g/mol. The van der Waals surface area contributed by atoms with Gasteiger partial charge in [0.1, 0.15) is 12.0 Å². The van der Waals surface area contributed by atoms with E-state index in [1.54, 1.807) is 18.3 Å². The number of hydrogen-bond donors (Lipinski definition) is 2. The van der Waals surface area contributed by atoms with Crippen molar-refractivity contribution >= 4 is 28.3 Å². The van der Waals surface area contributed by atoms with Gasteiger partial charge in [-0.1, -0.05) is 0 Å². The summed E-state index contributed by atoms with van der Waals surface area (Å²) in [5.41, 5.74) is 3.35. The molecule has 1 aromatic carbocycles. The van der Waals surface area contributed by atoms with Crippen molar-refractivity contribution in [2.75, 3.05) is 49.6 Å². The van der Waals surface area contributed by atoms with Crippen LogP contribution in [0.25, 0.3) is 10.9 Å². The number of aromatic amines is 1. The predicted octanol–water partition coefficient (Wildman–Crippen LogP) is 2.86. The summed E-state index contributed by atoms with van der Waals surface area (Å²) in [6.45, 7) is 6.34. The molecular weight excluding hydrogens is 437 g/mol. The largest absolute Gasteiger partial charge is 0.379 e. The van der Waals surface area contributed by atoms with Crippen LogP contribution in [0.1, 0.15) is 27.9 Å². The molecule has 0 bridgehead atoms. The molecule has 2 aromatic heterocycles. The number of nitrogens with zero attached hydrogens (tertiary/aromatic N) is 3. The molecule has 2 fully saturated rings. The number of amides is 1. The van der Waals surface area contributed by atoms with Crippen molar-refractivity contribution in [1.29, 1.82) is 0 Å². The number of rotatable bonds is 5. The van der Waals surface area contributed by atoms with Gasteiger partial charge in [0, 0.05) is 55.0 Å². The Morgan fingerprint density at radius 2 is 2.06 bits per heavy atom. The maximum atomic E-state index is 13.9. The molecule has 1 atom stereocenters. The predicted molar refractivity (Wildman–Crippen MR) is 129 cm³/mol. The third kappa shape index (κ3) is 4.80. The lowest BCUT2D eigenvalue weighted by molar-refractivity contribution is 0.0341. The van der Waals surface area contributed by atoms with E-state index in [4.69, 9.17) is 4.74 Å². The summed E-state index contributed by atoms with van der Waals surface area (Å²) in [7, 11) is 0. The van der Waals surface area contributed by atoms with Crippen molar-refractivity contribution in [3.05, 3.63) is 63.6 Å². The maximum Gasteiger partial charge on any atom is 0.259 e. The molecule has 2 aliphatic heterocycles. The second-order valence-electron chi connectivity index (χ2n) is 8.97. The molecule has 2 aliphatic rings. The van der Waals surface area contributed by atoms with Crippen molar-refractivity contribution in [1.82, 2.24) is 14.9 Å². The van der Waals surface area contributed by atoms with Gasteiger partial charge in [-0.15, -0.1) is 0 Å². The molecule has 0 radical (unpaired) electrons. The number of carbonyl (C=O) groups excluding carboxylic acids is 1. The SMILES string of the molecule is Cc1cc(=O)[nH]c2ccc(NC(=O)c3cc(CN4CCOCC4)cnc3N3CCC(F)C3)cc12. The van der Waals surface area contributed by atoms with Gasteiger partial charge in [0.15, 0.2) is 0 Å².